The third-order valence-electron chi connectivity index (χ3n) is 3.61. The van der Waals surface area contributed by atoms with Crippen LogP contribution in [0.25, 0.3) is 0 Å². The number of sulfonamides is 1. The van der Waals surface area contributed by atoms with Gasteiger partial charge in [0.05, 0.1) is 4.90 Å². The van der Waals surface area contributed by atoms with Crippen LogP contribution in [0.3, 0.4) is 0 Å². The van der Waals surface area contributed by atoms with Gasteiger partial charge in [0.2, 0.25) is 10.0 Å². The molecule has 1 aromatic carbocycles. The summed E-state index contributed by atoms with van der Waals surface area (Å²) in [6, 6.07) is 7.14. The van der Waals surface area contributed by atoms with Crippen LogP contribution in [-0.4, -0.2) is 31.9 Å². The first-order chi connectivity index (χ1) is 8.91. The summed E-state index contributed by atoms with van der Waals surface area (Å²) in [5.74, 6) is 0.403. The van der Waals surface area contributed by atoms with Crippen molar-refractivity contribution in [3.8, 4) is 0 Å². The number of halogens is 1. The quantitative estimate of drug-likeness (QED) is 0.930. The highest BCUT2D eigenvalue weighted by Gasteiger charge is 2.28. The summed E-state index contributed by atoms with van der Waals surface area (Å²) in [5, 5.41) is 0. The number of rotatable bonds is 3. The van der Waals surface area contributed by atoms with Crippen LogP contribution in [0.4, 0.5) is 0 Å². The van der Waals surface area contributed by atoms with E-state index in [1.54, 1.807) is 12.1 Å². The molecule has 1 aliphatic rings. The van der Waals surface area contributed by atoms with Crippen molar-refractivity contribution in [3.63, 3.8) is 0 Å². The van der Waals surface area contributed by atoms with Crippen LogP contribution in [0.1, 0.15) is 38.2 Å². The van der Waals surface area contributed by atoms with Gasteiger partial charge in [-0.25, -0.2) is 8.42 Å². The van der Waals surface area contributed by atoms with Crippen molar-refractivity contribution in [1.29, 1.82) is 0 Å². The van der Waals surface area contributed by atoms with Gasteiger partial charge >= 0.3 is 0 Å². The van der Waals surface area contributed by atoms with E-state index in [9.17, 15) is 8.42 Å². The maximum absolute atomic E-state index is 12.5. The van der Waals surface area contributed by atoms with Crippen LogP contribution in [0.5, 0.6) is 0 Å². The SMILES string of the molecule is CC(C)c1ccc(S(=O)(=O)N2CCC[C@@H](N)C2)cc1.Cl. The van der Waals surface area contributed by atoms with Gasteiger partial charge in [-0.15, -0.1) is 12.4 Å². The molecule has 0 amide bonds. The Hall–Kier alpha value is -0.620. The van der Waals surface area contributed by atoms with E-state index in [1.165, 1.54) is 4.31 Å². The molecule has 0 bridgehead atoms. The standard InChI is InChI=1S/C14H22N2O2S.ClH/c1-11(2)12-5-7-14(8-6-12)19(17,18)16-9-3-4-13(15)10-16;/h5-8,11,13H,3-4,9-10,15H2,1-2H3;1H/t13-;/m1./s1. The maximum Gasteiger partial charge on any atom is 0.243 e. The molecule has 114 valence electrons. The fraction of sp³-hybridized carbons (Fsp3) is 0.571. The Morgan fingerprint density at radius 3 is 2.35 bits per heavy atom. The van der Waals surface area contributed by atoms with Gasteiger partial charge in [0, 0.05) is 19.1 Å². The molecule has 6 heteroatoms. The molecular weight excluding hydrogens is 296 g/mol. The lowest BCUT2D eigenvalue weighted by Gasteiger charge is -2.29. The third kappa shape index (κ3) is 3.73. The molecule has 0 aliphatic carbocycles. The minimum absolute atomic E-state index is 0. The zero-order valence-electron chi connectivity index (χ0n) is 12.0. The van der Waals surface area contributed by atoms with Crippen LogP contribution in [0.15, 0.2) is 29.2 Å². The highest BCUT2D eigenvalue weighted by molar-refractivity contribution is 7.89. The second kappa shape index (κ2) is 6.89. The van der Waals surface area contributed by atoms with Crippen molar-refractivity contribution < 1.29 is 8.42 Å². The monoisotopic (exact) mass is 318 g/mol. The summed E-state index contributed by atoms with van der Waals surface area (Å²) in [5.41, 5.74) is 7.01. The van der Waals surface area contributed by atoms with Gasteiger partial charge in [0.15, 0.2) is 0 Å². The van der Waals surface area contributed by atoms with Gasteiger partial charge in [-0.2, -0.15) is 4.31 Å². The van der Waals surface area contributed by atoms with Crippen molar-refractivity contribution in [3.05, 3.63) is 29.8 Å². The average Bonchev–Trinajstić information content (AvgIpc) is 2.39. The van der Waals surface area contributed by atoms with Gasteiger partial charge in [-0.1, -0.05) is 26.0 Å². The Bertz CT molecular complexity index is 529. The third-order valence-corrected chi connectivity index (χ3v) is 5.48. The number of nitrogens with zero attached hydrogens (tertiary/aromatic N) is 1. The molecule has 4 nitrogen and oxygen atoms in total. The Morgan fingerprint density at radius 1 is 1.25 bits per heavy atom. The zero-order valence-corrected chi connectivity index (χ0v) is 13.6. The Kier molecular flexibility index (Phi) is 6.01. The summed E-state index contributed by atoms with van der Waals surface area (Å²) in [6.45, 7) is 5.18. The predicted octanol–water partition coefficient (Wildman–Crippen LogP) is 2.34. The molecule has 0 spiro atoms. The highest BCUT2D eigenvalue weighted by Crippen LogP contribution is 2.22. The molecule has 1 heterocycles. The van der Waals surface area contributed by atoms with E-state index in [4.69, 9.17) is 5.73 Å². The number of piperidine rings is 1. The molecule has 20 heavy (non-hydrogen) atoms. The Morgan fingerprint density at radius 2 is 1.85 bits per heavy atom. The van der Waals surface area contributed by atoms with Gasteiger partial charge in [-0.3, -0.25) is 0 Å². The summed E-state index contributed by atoms with van der Waals surface area (Å²) >= 11 is 0. The molecule has 0 radical (unpaired) electrons. The van der Waals surface area contributed by atoms with E-state index < -0.39 is 10.0 Å². The molecule has 2 rings (SSSR count). The molecule has 1 aliphatic heterocycles. The smallest absolute Gasteiger partial charge is 0.243 e. The topological polar surface area (TPSA) is 63.4 Å². The van der Waals surface area contributed by atoms with E-state index in [0.717, 1.165) is 18.4 Å². The molecule has 0 aromatic heterocycles. The fourth-order valence-corrected chi connectivity index (χ4v) is 3.90. The normalized spacial score (nSPS) is 20.7. The highest BCUT2D eigenvalue weighted by atomic mass is 35.5. The largest absolute Gasteiger partial charge is 0.327 e. The summed E-state index contributed by atoms with van der Waals surface area (Å²) in [6.07, 6.45) is 1.74. The van der Waals surface area contributed by atoms with Crippen LogP contribution >= 0.6 is 12.4 Å². The van der Waals surface area contributed by atoms with Crippen LogP contribution in [0.2, 0.25) is 0 Å². The van der Waals surface area contributed by atoms with E-state index >= 15 is 0 Å². The van der Waals surface area contributed by atoms with E-state index in [1.807, 2.05) is 12.1 Å². The second-order valence-corrected chi connectivity index (χ2v) is 7.43. The maximum atomic E-state index is 12.5. The van der Waals surface area contributed by atoms with Crippen molar-refractivity contribution >= 4 is 22.4 Å². The molecule has 1 aromatic rings. The molecule has 0 unspecified atom stereocenters. The minimum Gasteiger partial charge on any atom is -0.327 e. The lowest BCUT2D eigenvalue weighted by Crippen LogP contribution is -2.45. The first-order valence-electron chi connectivity index (χ1n) is 6.77. The molecule has 1 fully saturated rings. The lowest BCUT2D eigenvalue weighted by molar-refractivity contribution is 0.316. The Balaban J connectivity index is 0.00000200. The first kappa shape index (κ1) is 17.4. The molecule has 2 N–H and O–H groups in total. The van der Waals surface area contributed by atoms with Crippen molar-refractivity contribution in [2.75, 3.05) is 13.1 Å². The predicted molar refractivity (Wildman–Crippen MR) is 83.7 cm³/mol. The van der Waals surface area contributed by atoms with E-state index in [0.29, 0.717) is 23.9 Å². The summed E-state index contributed by atoms with van der Waals surface area (Å²) < 4.78 is 26.5. The zero-order chi connectivity index (χ0) is 14.0. The summed E-state index contributed by atoms with van der Waals surface area (Å²) in [7, 11) is -3.38. The average molecular weight is 319 g/mol. The molecular formula is C14H23ClN2O2S. The fourth-order valence-electron chi connectivity index (χ4n) is 2.37. The lowest BCUT2D eigenvalue weighted by atomic mass is 10.0. The van der Waals surface area contributed by atoms with Crippen molar-refractivity contribution in [1.82, 2.24) is 4.31 Å². The number of benzene rings is 1. The minimum atomic E-state index is -3.38. The van der Waals surface area contributed by atoms with Gasteiger partial charge in [-0.05, 0) is 36.5 Å². The first-order valence-corrected chi connectivity index (χ1v) is 8.21. The van der Waals surface area contributed by atoms with Crippen molar-refractivity contribution in [2.45, 2.75) is 43.5 Å². The number of hydrogen-bond acceptors (Lipinski definition) is 3. The number of nitrogens with two attached hydrogens (primary N) is 1. The second-order valence-electron chi connectivity index (χ2n) is 5.49. The van der Waals surface area contributed by atoms with Crippen LogP contribution in [0, 0.1) is 0 Å². The Labute approximate surface area is 127 Å². The van der Waals surface area contributed by atoms with Crippen molar-refractivity contribution in [2.24, 2.45) is 5.73 Å². The van der Waals surface area contributed by atoms with Crippen LogP contribution < -0.4 is 5.73 Å². The van der Waals surface area contributed by atoms with E-state index in [2.05, 4.69) is 13.8 Å². The van der Waals surface area contributed by atoms with Gasteiger partial charge in [0.25, 0.3) is 0 Å². The van der Waals surface area contributed by atoms with E-state index in [-0.39, 0.29) is 18.4 Å². The molecule has 1 saturated heterocycles. The molecule has 1 atom stereocenters. The number of hydrogen-bond donors (Lipinski definition) is 1. The molecule has 0 saturated carbocycles. The van der Waals surface area contributed by atoms with Gasteiger partial charge in [0.1, 0.15) is 0 Å². The van der Waals surface area contributed by atoms with Gasteiger partial charge < -0.3 is 5.73 Å². The van der Waals surface area contributed by atoms with Crippen LogP contribution in [-0.2, 0) is 10.0 Å². The summed E-state index contributed by atoms with van der Waals surface area (Å²) in [4.78, 5) is 0.367.